The first-order valence-corrected chi connectivity index (χ1v) is 6.18. The number of aromatic nitrogens is 1. The SMILES string of the molecule is OC(C1=COCCC1)c1ccnc2ccccc12. The van der Waals surface area contributed by atoms with Crippen molar-refractivity contribution in [2.24, 2.45) is 0 Å². The number of benzene rings is 1. The van der Waals surface area contributed by atoms with Crippen LogP contribution in [0.5, 0.6) is 0 Å². The van der Waals surface area contributed by atoms with Gasteiger partial charge in [-0.2, -0.15) is 0 Å². The smallest absolute Gasteiger partial charge is 0.104 e. The molecule has 1 atom stereocenters. The van der Waals surface area contributed by atoms with Crippen LogP contribution in [0.15, 0.2) is 48.4 Å². The van der Waals surface area contributed by atoms with E-state index < -0.39 is 6.10 Å². The van der Waals surface area contributed by atoms with E-state index in [1.165, 1.54) is 0 Å². The molecule has 0 spiro atoms. The fourth-order valence-corrected chi connectivity index (χ4v) is 2.34. The maximum absolute atomic E-state index is 10.5. The van der Waals surface area contributed by atoms with Crippen LogP contribution in [0.25, 0.3) is 10.9 Å². The van der Waals surface area contributed by atoms with E-state index in [4.69, 9.17) is 4.74 Å². The number of fused-ring (bicyclic) bond motifs is 1. The lowest BCUT2D eigenvalue weighted by Gasteiger charge is -2.20. The van der Waals surface area contributed by atoms with E-state index in [1.807, 2.05) is 30.3 Å². The molecule has 1 aromatic carbocycles. The average molecular weight is 241 g/mol. The first-order valence-electron chi connectivity index (χ1n) is 6.18. The Hall–Kier alpha value is -1.87. The van der Waals surface area contributed by atoms with Crippen molar-refractivity contribution in [3.8, 4) is 0 Å². The van der Waals surface area contributed by atoms with Crippen molar-refractivity contribution in [3.05, 3.63) is 53.9 Å². The van der Waals surface area contributed by atoms with Gasteiger partial charge in [-0.3, -0.25) is 4.98 Å². The van der Waals surface area contributed by atoms with Gasteiger partial charge >= 0.3 is 0 Å². The maximum Gasteiger partial charge on any atom is 0.104 e. The molecule has 1 aromatic heterocycles. The van der Waals surface area contributed by atoms with Crippen molar-refractivity contribution in [1.82, 2.24) is 4.98 Å². The zero-order valence-corrected chi connectivity index (χ0v) is 10.0. The number of hydrogen-bond acceptors (Lipinski definition) is 3. The standard InChI is InChI=1S/C15H15NO2/c17-15(11-4-3-9-18-10-11)13-7-8-16-14-6-2-1-5-12(13)14/h1-2,5-8,10,15,17H,3-4,9H2. The second-order valence-electron chi connectivity index (χ2n) is 4.49. The third kappa shape index (κ3) is 1.97. The highest BCUT2D eigenvalue weighted by Gasteiger charge is 2.18. The van der Waals surface area contributed by atoms with E-state index in [0.717, 1.165) is 41.5 Å². The molecule has 1 aliphatic rings. The van der Waals surface area contributed by atoms with Crippen LogP contribution in [-0.2, 0) is 4.74 Å². The Morgan fingerprint density at radius 1 is 1.22 bits per heavy atom. The highest BCUT2D eigenvalue weighted by Crippen LogP contribution is 2.31. The lowest BCUT2D eigenvalue weighted by molar-refractivity contribution is 0.171. The number of nitrogens with zero attached hydrogens (tertiary/aromatic N) is 1. The minimum absolute atomic E-state index is 0.599. The molecule has 0 aliphatic carbocycles. The van der Waals surface area contributed by atoms with Gasteiger partial charge < -0.3 is 9.84 Å². The Morgan fingerprint density at radius 3 is 2.94 bits per heavy atom. The number of para-hydroxylation sites is 1. The van der Waals surface area contributed by atoms with Gasteiger partial charge in [0.1, 0.15) is 6.10 Å². The second kappa shape index (κ2) is 4.78. The molecular weight excluding hydrogens is 226 g/mol. The van der Waals surface area contributed by atoms with Gasteiger partial charge in [-0.15, -0.1) is 0 Å². The molecule has 0 saturated carbocycles. The summed E-state index contributed by atoms with van der Waals surface area (Å²) in [6, 6.07) is 9.74. The Kier molecular flexibility index (Phi) is 2.99. The van der Waals surface area contributed by atoms with Crippen molar-refractivity contribution in [2.75, 3.05) is 6.61 Å². The molecule has 0 saturated heterocycles. The number of hydrogen-bond donors (Lipinski definition) is 1. The van der Waals surface area contributed by atoms with Gasteiger partial charge in [0, 0.05) is 11.6 Å². The van der Waals surface area contributed by atoms with E-state index in [9.17, 15) is 5.11 Å². The van der Waals surface area contributed by atoms with E-state index in [1.54, 1.807) is 12.5 Å². The van der Waals surface area contributed by atoms with Crippen LogP contribution in [-0.4, -0.2) is 16.7 Å². The Morgan fingerprint density at radius 2 is 2.11 bits per heavy atom. The maximum atomic E-state index is 10.5. The molecule has 2 heterocycles. The zero-order valence-electron chi connectivity index (χ0n) is 10.0. The number of aliphatic hydroxyl groups is 1. The summed E-state index contributed by atoms with van der Waals surface area (Å²) in [5.74, 6) is 0. The predicted molar refractivity (Wildman–Crippen MR) is 70.0 cm³/mol. The van der Waals surface area contributed by atoms with Gasteiger partial charge in [0.25, 0.3) is 0 Å². The number of aliphatic hydroxyl groups excluding tert-OH is 1. The minimum atomic E-state index is -0.599. The Balaban J connectivity index is 2.05. The van der Waals surface area contributed by atoms with Crippen molar-refractivity contribution in [2.45, 2.75) is 18.9 Å². The summed E-state index contributed by atoms with van der Waals surface area (Å²) >= 11 is 0. The highest BCUT2D eigenvalue weighted by molar-refractivity contribution is 5.82. The topological polar surface area (TPSA) is 42.4 Å². The monoisotopic (exact) mass is 241 g/mol. The van der Waals surface area contributed by atoms with Crippen LogP contribution in [0.3, 0.4) is 0 Å². The molecule has 0 bridgehead atoms. The van der Waals surface area contributed by atoms with Crippen LogP contribution in [0.1, 0.15) is 24.5 Å². The third-order valence-corrected chi connectivity index (χ3v) is 3.29. The van der Waals surface area contributed by atoms with Gasteiger partial charge in [-0.1, -0.05) is 18.2 Å². The molecule has 18 heavy (non-hydrogen) atoms. The van der Waals surface area contributed by atoms with E-state index in [2.05, 4.69) is 4.98 Å². The summed E-state index contributed by atoms with van der Waals surface area (Å²) in [5, 5.41) is 11.5. The molecule has 0 amide bonds. The summed E-state index contributed by atoms with van der Waals surface area (Å²) < 4.78 is 5.30. The molecule has 0 fully saturated rings. The fourth-order valence-electron chi connectivity index (χ4n) is 2.34. The van der Waals surface area contributed by atoms with Gasteiger partial charge in [-0.05, 0) is 36.1 Å². The summed E-state index contributed by atoms with van der Waals surface area (Å²) in [4.78, 5) is 4.31. The van der Waals surface area contributed by atoms with Crippen molar-refractivity contribution >= 4 is 10.9 Å². The lowest BCUT2D eigenvalue weighted by Crippen LogP contribution is -2.08. The predicted octanol–water partition coefficient (Wildman–Crippen LogP) is 2.96. The molecule has 0 radical (unpaired) electrons. The molecule has 3 rings (SSSR count). The first-order chi connectivity index (χ1) is 8.86. The van der Waals surface area contributed by atoms with E-state index in [0.29, 0.717) is 0 Å². The van der Waals surface area contributed by atoms with Crippen LogP contribution in [0.2, 0.25) is 0 Å². The first kappa shape index (κ1) is 11.2. The molecule has 1 aliphatic heterocycles. The molecule has 3 heteroatoms. The van der Waals surface area contributed by atoms with Gasteiger partial charge in [0.2, 0.25) is 0 Å². The van der Waals surface area contributed by atoms with Crippen LogP contribution < -0.4 is 0 Å². The Labute approximate surface area is 106 Å². The van der Waals surface area contributed by atoms with Crippen molar-refractivity contribution < 1.29 is 9.84 Å². The molecule has 2 aromatic rings. The quantitative estimate of drug-likeness (QED) is 0.879. The van der Waals surface area contributed by atoms with Gasteiger partial charge in [0.05, 0.1) is 18.4 Å². The summed E-state index contributed by atoms with van der Waals surface area (Å²) in [6.07, 6.45) is 4.69. The molecule has 3 nitrogen and oxygen atoms in total. The second-order valence-corrected chi connectivity index (χ2v) is 4.49. The molecule has 1 N–H and O–H groups in total. The summed E-state index contributed by atoms with van der Waals surface area (Å²) in [5.41, 5.74) is 2.75. The van der Waals surface area contributed by atoms with Crippen molar-refractivity contribution in [3.63, 3.8) is 0 Å². The lowest BCUT2D eigenvalue weighted by atomic mass is 9.95. The average Bonchev–Trinajstić information content (AvgIpc) is 2.47. The van der Waals surface area contributed by atoms with Crippen LogP contribution in [0, 0.1) is 0 Å². The summed E-state index contributed by atoms with van der Waals surface area (Å²) in [7, 11) is 0. The van der Waals surface area contributed by atoms with Crippen LogP contribution in [0.4, 0.5) is 0 Å². The summed E-state index contributed by atoms with van der Waals surface area (Å²) in [6.45, 7) is 0.743. The molecule has 1 unspecified atom stereocenters. The molecule has 92 valence electrons. The number of rotatable bonds is 2. The Bertz CT molecular complexity index is 587. The normalized spacial score (nSPS) is 17.1. The van der Waals surface area contributed by atoms with Crippen LogP contribution >= 0.6 is 0 Å². The zero-order chi connectivity index (χ0) is 12.4. The fraction of sp³-hybridized carbons (Fsp3) is 0.267. The number of ether oxygens (including phenoxy) is 1. The van der Waals surface area contributed by atoms with E-state index in [-0.39, 0.29) is 0 Å². The van der Waals surface area contributed by atoms with Gasteiger partial charge in [0.15, 0.2) is 0 Å². The molecular formula is C15H15NO2. The number of pyridine rings is 1. The highest BCUT2D eigenvalue weighted by atomic mass is 16.5. The van der Waals surface area contributed by atoms with Crippen molar-refractivity contribution in [1.29, 1.82) is 0 Å². The third-order valence-electron chi connectivity index (χ3n) is 3.29. The largest absolute Gasteiger partial charge is 0.501 e. The van der Waals surface area contributed by atoms with Gasteiger partial charge in [-0.25, -0.2) is 0 Å². The minimum Gasteiger partial charge on any atom is -0.501 e. The van der Waals surface area contributed by atoms with E-state index >= 15 is 0 Å².